The Morgan fingerprint density at radius 2 is 1.75 bits per heavy atom. The molecule has 0 radical (unpaired) electrons. The van der Waals surface area contributed by atoms with Crippen LogP contribution in [0.15, 0.2) is 55.1 Å². The molecule has 0 bridgehead atoms. The van der Waals surface area contributed by atoms with Crippen molar-refractivity contribution in [3.8, 4) is 28.4 Å². The number of methoxy groups -OCH3 is 2. The maximum Gasteiger partial charge on any atom is 0.435 e. The van der Waals surface area contributed by atoms with Gasteiger partial charge in [0.15, 0.2) is 11.5 Å². The lowest BCUT2D eigenvalue weighted by atomic mass is 10.1. The lowest BCUT2D eigenvalue weighted by Gasteiger charge is -2.13. The molecule has 1 aromatic carbocycles. The maximum absolute atomic E-state index is 13.2. The second kappa shape index (κ2) is 9.90. The fourth-order valence-corrected chi connectivity index (χ4v) is 3.27. The monoisotopic (exact) mass is 499 g/mol. The third-order valence-corrected chi connectivity index (χ3v) is 5.01. The van der Waals surface area contributed by atoms with Crippen molar-refractivity contribution in [1.29, 1.82) is 0 Å². The number of hydrogen-bond acceptors (Lipinski definition) is 8. The van der Waals surface area contributed by atoms with Gasteiger partial charge in [-0.3, -0.25) is 9.78 Å². The molecule has 2 N–H and O–H groups in total. The molecule has 0 spiro atoms. The van der Waals surface area contributed by atoms with E-state index in [2.05, 4.69) is 30.7 Å². The smallest absolute Gasteiger partial charge is 0.435 e. The molecule has 3 aromatic heterocycles. The molecular weight excluding hydrogens is 479 g/mol. The first kappa shape index (κ1) is 24.4. The molecule has 10 nitrogen and oxygen atoms in total. The third kappa shape index (κ3) is 5.19. The first-order chi connectivity index (χ1) is 17.2. The standard InChI is InChI=1S/C23H20F3N7O3/c1-27-21(34)14-6-13(10-28-11-14)18-12-29-22(30-15-7-16(35-2)9-17(8-15)36-3)31-20(18)33-5-4-19(32-33)23(24,25)26/h4-12H,1-3H3,(H,27,34)(H,29,30,31). The molecule has 3 heterocycles. The first-order valence-corrected chi connectivity index (χ1v) is 10.4. The summed E-state index contributed by atoms with van der Waals surface area (Å²) in [7, 11) is 4.47. The maximum atomic E-state index is 13.2. The fourth-order valence-electron chi connectivity index (χ4n) is 3.27. The molecular formula is C23H20F3N7O3. The van der Waals surface area contributed by atoms with E-state index in [0.717, 1.165) is 16.9 Å². The molecule has 0 unspecified atom stereocenters. The highest BCUT2D eigenvalue weighted by Gasteiger charge is 2.34. The van der Waals surface area contributed by atoms with Crippen molar-refractivity contribution in [2.45, 2.75) is 6.18 Å². The van der Waals surface area contributed by atoms with Crippen molar-refractivity contribution in [3.63, 3.8) is 0 Å². The van der Waals surface area contributed by atoms with Crippen LogP contribution in [-0.4, -0.2) is 51.9 Å². The van der Waals surface area contributed by atoms with Crippen molar-refractivity contribution >= 4 is 17.5 Å². The van der Waals surface area contributed by atoms with Crippen molar-refractivity contribution in [3.05, 3.63) is 66.4 Å². The molecule has 0 atom stereocenters. The minimum atomic E-state index is -4.64. The van der Waals surface area contributed by atoms with Crippen LogP contribution in [0, 0.1) is 0 Å². The van der Waals surface area contributed by atoms with Gasteiger partial charge in [-0.25, -0.2) is 9.67 Å². The Balaban J connectivity index is 1.82. The predicted octanol–water partition coefficient (Wildman–Crippen LogP) is 3.86. The van der Waals surface area contributed by atoms with Gasteiger partial charge in [-0.05, 0) is 12.1 Å². The zero-order chi connectivity index (χ0) is 25.9. The highest BCUT2D eigenvalue weighted by molar-refractivity contribution is 5.95. The van der Waals surface area contributed by atoms with Gasteiger partial charge in [-0.1, -0.05) is 0 Å². The number of hydrogen-bond donors (Lipinski definition) is 2. The highest BCUT2D eigenvalue weighted by Crippen LogP contribution is 2.31. The Kier molecular flexibility index (Phi) is 6.72. The van der Waals surface area contributed by atoms with Gasteiger partial charge in [0.2, 0.25) is 5.95 Å². The number of rotatable bonds is 7. The minimum Gasteiger partial charge on any atom is -0.497 e. The number of nitrogens with zero attached hydrogens (tertiary/aromatic N) is 5. The van der Waals surface area contributed by atoms with Gasteiger partial charge >= 0.3 is 6.18 Å². The van der Waals surface area contributed by atoms with Crippen LogP contribution in [0.2, 0.25) is 0 Å². The zero-order valence-electron chi connectivity index (χ0n) is 19.3. The molecule has 0 saturated carbocycles. The summed E-state index contributed by atoms with van der Waals surface area (Å²) in [5.41, 5.74) is 0.396. The van der Waals surface area contributed by atoms with Gasteiger partial charge in [0.05, 0.1) is 19.8 Å². The van der Waals surface area contributed by atoms with Crippen molar-refractivity contribution in [1.82, 2.24) is 30.0 Å². The van der Waals surface area contributed by atoms with E-state index in [0.29, 0.717) is 28.3 Å². The zero-order valence-corrected chi connectivity index (χ0v) is 19.3. The summed E-state index contributed by atoms with van der Waals surface area (Å²) in [5, 5.41) is 9.14. The van der Waals surface area contributed by atoms with Crippen LogP contribution in [0.1, 0.15) is 16.1 Å². The van der Waals surface area contributed by atoms with Gasteiger partial charge < -0.3 is 20.1 Å². The third-order valence-electron chi connectivity index (χ3n) is 5.01. The molecule has 1 amide bonds. The summed E-state index contributed by atoms with van der Waals surface area (Å²) in [6.07, 6.45) is 0.718. The van der Waals surface area contributed by atoms with Crippen LogP contribution in [0.25, 0.3) is 16.9 Å². The number of ether oxygens (including phenoxy) is 2. The number of aromatic nitrogens is 5. The van der Waals surface area contributed by atoms with E-state index in [1.54, 1.807) is 18.2 Å². The number of carbonyl (C=O) groups is 1. The molecule has 4 rings (SSSR count). The summed E-state index contributed by atoms with van der Waals surface area (Å²) in [4.78, 5) is 24.9. The van der Waals surface area contributed by atoms with E-state index in [-0.39, 0.29) is 23.2 Å². The molecule has 0 aliphatic carbocycles. The van der Waals surface area contributed by atoms with Crippen LogP contribution >= 0.6 is 0 Å². The molecule has 0 saturated heterocycles. The quantitative estimate of drug-likeness (QED) is 0.394. The van der Waals surface area contributed by atoms with Gasteiger partial charge in [0.1, 0.15) is 11.5 Å². The van der Waals surface area contributed by atoms with E-state index in [4.69, 9.17) is 9.47 Å². The summed E-state index contributed by atoms with van der Waals surface area (Å²) in [6, 6.07) is 7.39. The Hall–Kier alpha value is -4.68. The predicted molar refractivity (Wildman–Crippen MR) is 124 cm³/mol. The van der Waals surface area contributed by atoms with Gasteiger partial charge in [-0.2, -0.15) is 23.3 Å². The molecule has 4 aromatic rings. The Morgan fingerprint density at radius 3 is 2.36 bits per heavy atom. The number of halogens is 3. The molecule has 0 aliphatic heterocycles. The fraction of sp³-hybridized carbons (Fsp3) is 0.174. The Labute approximate surface area is 203 Å². The van der Waals surface area contributed by atoms with Gasteiger partial charge in [0, 0.05) is 66.8 Å². The van der Waals surface area contributed by atoms with Crippen molar-refractivity contribution < 1.29 is 27.4 Å². The van der Waals surface area contributed by atoms with Crippen molar-refractivity contribution in [2.24, 2.45) is 0 Å². The van der Waals surface area contributed by atoms with Crippen molar-refractivity contribution in [2.75, 3.05) is 26.6 Å². The van der Waals surface area contributed by atoms with E-state index >= 15 is 0 Å². The Morgan fingerprint density at radius 1 is 1.03 bits per heavy atom. The molecule has 36 heavy (non-hydrogen) atoms. The summed E-state index contributed by atoms with van der Waals surface area (Å²) < 4.78 is 51.2. The minimum absolute atomic E-state index is 0.0358. The second-order valence-electron chi connectivity index (χ2n) is 7.34. The van der Waals surface area contributed by atoms with Crippen LogP contribution in [-0.2, 0) is 6.18 Å². The van der Waals surface area contributed by atoms with E-state index in [1.165, 1.54) is 45.9 Å². The van der Waals surface area contributed by atoms with Crippen LogP contribution in [0.5, 0.6) is 11.5 Å². The first-order valence-electron chi connectivity index (χ1n) is 10.4. The lowest BCUT2D eigenvalue weighted by Crippen LogP contribution is -2.18. The summed E-state index contributed by atoms with van der Waals surface area (Å²) in [5.74, 6) is 0.744. The Bertz CT molecular complexity index is 1380. The number of anilines is 2. The molecule has 0 fully saturated rings. The van der Waals surface area contributed by atoms with Crippen LogP contribution in [0.4, 0.5) is 24.8 Å². The lowest BCUT2D eigenvalue weighted by molar-refractivity contribution is -0.141. The van der Waals surface area contributed by atoms with Crippen LogP contribution < -0.4 is 20.1 Å². The van der Waals surface area contributed by atoms with Gasteiger partial charge in [0.25, 0.3) is 5.91 Å². The molecule has 13 heteroatoms. The number of alkyl halides is 3. The summed E-state index contributed by atoms with van der Waals surface area (Å²) in [6.45, 7) is 0. The number of amides is 1. The average Bonchev–Trinajstić information content (AvgIpc) is 3.39. The normalized spacial score (nSPS) is 11.2. The van der Waals surface area contributed by atoms with Gasteiger partial charge in [-0.15, -0.1) is 0 Å². The number of pyridine rings is 1. The number of nitrogens with one attached hydrogen (secondary N) is 2. The largest absolute Gasteiger partial charge is 0.497 e. The molecule has 186 valence electrons. The van der Waals surface area contributed by atoms with E-state index < -0.39 is 11.9 Å². The molecule has 0 aliphatic rings. The highest BCUT2D eigenvalue weighted by atomic mass is 19.4. The van der Waals surface area contributed by atoms with E-state index in [9.17, 15) is 18.0 Å². The second-order valence-corrected chi connectivity index (χ2v) is 7.34. The van der Waals surface area contributed by atoms with E-state index in [1.807, 2.05) is 0 Å². The topological polar surface area (TPSA) is 116 Å². The number of carbonyl (C=O) groups excluding carboxylic acids is 1. The average molecular weight is 499 g/mol. The SMILES string of the molecule is CNC(=O)c1cncc(-c2cnc(Nc3cc(OC)cc(OC)c3)nc2-n2ccc(C(F)(F)F)n2)c1. The van der Waals surface area contributed by atoms with Crippen LogP contribution in [0.3, 0.4) is 0 Å². The number of benzene rings is 1. The summed E-state index contributed by atoms with van der Waals surface area (Å²) >= 11 is 0.